The number of benzene rings is 1. The van der Waals surface area contributed by atoms with Gasteiger partial charge in [-0.05, 0) is 25.0 Å². The van der Waals surface area contributed by atoms with E-state index in [2.05, 4.69) is 16.9 Å². The van der Waals surface area contributed by atoms with Crippen LogP contribution in [0, 0.1) is 11.6 Å². The number of hydrogen-bond donors (Lipinski definition) is 1. The maximum atomic E-state index is 14.1. The molecule has 1 aliphatic heterocycles. The van der Waals surface area contributed by atoms with E-state index in [4.69, 9.17) is 23.2 Å². The lowest BCUT2D eigenvalue weighted by Crippen LogP contribution is -2.21. The van der Waals surface area contributed by atoms with Gasteiger partial charge in [-0.1, -0.05) is 29.8 Å². The van der Waals surface area contributed by atoms with Gasteiger partial charge in [0, 0.05) is 23.0 Å². The summed E-state index contributed by atoms with van der Waals surface area (Å²) in [6.07, 6.45) is 2.70. The van der Waals surface area contributed by atoms with Crippen molar-refractivity contribution in [3.8, 4) is 0 Å². The van der Waals surface area contributed by atoms with E-state index in [1.54, 1.807) is 4.57 Å². The van der Waals surface area contributed by atoms with Gasteiger partial charge >= 0.3 is 0 Å². The Labute approximate surface area is 135 Å². The summed E-state index contributed by atoms with van der Waals surface area (Å²) >= 11 is 12.0. The fourth-order valence-electron chi connectivity index (χ4n) is 2.36. The fraction of sp³-hybridized carbons (Fsp3) is 0.133. The molecule has 0 aliphatic carbocycles. The van der Waals surface area contributed by atoms with Crippen LogP contribution in [0.25, 0.3) is 11.4 Å². The molecular weight excluding hydrogens is 331 g/mol. The van der Waals surface area contributed by atoms with Crippen molar-refractivity contribution >= 4 is 34.6 Å². The average molecular weight is 342 g/mol. The molecule has 1 aromatic carbocycles. The van der Waals surface area contributed by atoms with E-state index in [9.17, 15) is 8.78 Å². The van der Waals surface area contributed by atoms with Gasteiger partial charge in [0.25, 0.3) is 0 Å². The van der Waals surface area contributed by atoms with Crippen LogP contribution in [0.1, 0.15) is 18.4 Å². The summed E-state index contributed by atoms with van der Waals surface area (Å²) in [5.74, 6) is -1.31. The fourth-order valence-corrected chi connectivity index (χ4v) is 2.69. The number of hydrogen-bond acceptors (Lipinski definition) is 2. The molecule has 0 saturated heterocycles. The van der Waals surface area contributed by atoms with Crippen LogP contribution < -0.4 is 5.32 Å². The van der Waals surface area contributed by atoms with Crippen molar-refractivity contribution < 1.29 is 8.78 Å². The van der Waals surface area contributed by atoms with Crippen LogP contribution in [0.4, 0.5) is 8.78 Å². The summed E-state index contributed by atoms with van der Waals surface area (Å²) in [7, 11) is 0. The third-order valence-corrected chi connectivity index (χ3v) is 4.15. The second-order valence-electron chi connectivity index (χ2n) is 4.87. The summed E-state index contributed by atoms with van der Waals surface area (Å²) in [6, 6.07) is 3.41. The number of imidazole rings is 1. The van der Waals surface area contributed by atoms with Gasteiger partial charge < -0.3 is 5.32 Å². The first-order valence-electron chi connectivity index (χ1n) is 6.49. The molecule has 0 unspecified atom stereocenters. The Balaban J connectivity index is 2.21. The van der Waals surface area contributed by atoms with Crippen LogP contribution >= 0.6 is 23.2 Å². The first-order chi connectivity index (χ1) is 10.5. The zero-order chi connectivity index (χ0) is 15.9. The monoisotopic (exact) mass is 341 g/mol. The Morgan fingerprint density at radius 1 is 1.23 bits per heavy atom. The predicted octanol–water partition coefficient (Wildman–Crippen LogP) is 4.69. The predicted molar refractivity (Wildman–Crippen MR) is 83.2 cm³/mol. The molecule has 2 heterocycles. The Bertz CT molecular complexity index is 796. The molecule has 1 N–H and O–H groups in total. The van der Waals surface area contributed by atoms with E-state index >= 15 is 0 Å². The van der Waals surface area contributed by atoms with Crippen molar-refractivity contribution in [2.75, 3.05) is 0 Å². The highest BCUT2D eigenvalue weighted by Gasteiger charge is 2.22. The highest BCUT2D eigenvalue weighted by Crippen LogP contribution is 2.34. The van der Waals surface area contributed by atoms with Crippen LogP contribution in [0.5, 0.6) is 0 Å². The van der Waals surface area contributed by atoms with Gasteiger partial charge in [0.2, 0.25) is 0 Å². The second kappa shape index (κ2) is 5.74. The van der Waals surface area contributed by atoms with Crippen LogP contribution in [0.3, 0.4) is 0 Å². The molecule has 0 radical (unpaired) electrons. The summed E-state index contributed by atoms with van der Waals surface area (Å²) in [4.78, 5) is 3.93. The number of aromatic nitrogens is 2. The number of halogens is 4. The summed E-state index contributed by atoms with van der Waals surface area (Å²) < 4.78 is 28.8. The molecule has 0 spiro atoms. The number of nitrogens with one attached hydrogen (secondary N) is 1. The Hall–Kier alpha value is -1.85. The van der Waals surface area contributed by atoms with Crippen molar-refractivity contribution in [2.24, 2.45) is 0 Å². The van der Waals surface area contributed by atoms with Gasteiger partial charge in [0.1, 0.15) is 18.0 Å². The molecule has 0 atom stereocenters. The Morgan fingerprint density at radius 2 is 2.00 bits per heavy atom. The first-order valence-corrected chi connectivity index (χ1v) is 7.25. The topological polar surface area (TPSA) is 29.9 Å². The van der Waals surface area contributed by atoms with Crippen molar-refractivity contribution in [1.29, 1.82) is 0 Å². The largest absolute Gasteiger partial charge is 0.357 e. The quantitative estimate of drug-likeness (QED) is 0.858. The molecule has 22 heavy (non-hydrogen) atoms. The van der Waals surface area contributed by atoms with Crippen molar-refractivity contribution in [3.63, 3.8) is 0 Å². The highest BCUT2D eigenvalue weighted by molar-refractivity contribution is 6.40. The average Bonchev–Trinajstić information content (AvgIpc) is 2.79. The molecule has 3 rings (SSSR count). The zero-order valence-corrected chi connectivity index (χ0v) is 12.8. The molecule has 1 aliphatic rings. The Morgan fingerprint density at radius 3 is 2.64 bits per heavy atom. The molecule has 114 valence electrons. The molecule has 0 saturated carbocycles. The van der Waals surface area contributed by atoms with Crippen LogP contribution in [0.15, 0.2) is 36.8 Å². The number of rotatable bonds is 2. The molecule has 0 bridgehead atoms. The van der Waals surface area contributed by atoms with Gasteiger partial charge in [0.15, 0.2) is 10.3 Å². The van der Waals surface area contributed by atoms with E-state index in [-0.39, 0.29) is 15.9 Å². The number of nitrogens with zero attached hydrogens (tertiary/aromatic N) is 2. The Kier molecular flexibility index (Phi) is 3.93. The maximum Gasteiger partial charge on any atom is 0.166 e. The standard InChI is InChI=1S/C15H11Cl2F2N3/c1-8-2-5-12(22-7-20-14(16)15(22)17)13(21-8)10-4-3-9(18)6-11(10)19/h3-4,6-7,21H,1-2,5H2. The minimum atomic E-state index is -0.669. The molecule has 0 fully saturated rings. The third kappa shape index (κ3) is 2.62. The van der Waals surface area contributed by atoms with Crippen molar-refractivity contribution in [3.05, 3.63) is 64.3 Å². The minimum Gasteiger partial charge on any atom is -0.357 e. The molecular formula is C15H11Cl2F2N3. The smallest absolute Gasteiger partial charge is 0.166 e. The van der Waals surface area contributed by atoms with Gasteiger partial charge in [-0.3, -0.25) is 4.57 Å². The molecule has 0 amide bonds. The van der Waals surface area contributed by atoms with E-state index < -0.39 is 11.6 Å². The lowest BCUT2D eigenvalue weighted by molar-refractivity contribution is 0.579. The lowest BCUT2D eigenvalue weighted by Gasteiger charge is -2.25. The molecule has 7 heteroatoms. The summed E-state index contributed by atoms with van der Waals surface area (Å²) in [5.41, 5.74) is 2.15. The van der Waals surface area contributed by atoms with Crippen LogP contribution in [0.2, 0.25) is 10.3 Å². The maximum absolute atomic E-state index is 14.1. The van der Waals surface area contributed by atoms with E-state index in [0.29, 0.717) is 24.2 Å². The van der Waals surface area contributed by atoms with E-state index in [1.807, 2.05) is 0 Å². The normalized spacial score (nSPS) is 15.2. The molecule has 3 nitrogen and oxygen atoms in total. The second-order valence-corrected chi connectivity index (χ2v) is 5.59. The van der Waals surface area contributed by atoms with Gasteiger partial charge in [-0.2, -0.15) is 0 Å². The van der Waals surface area contributed by atoms with Crippen LogP contribution in [-0.2, 0) is 0 Å². The van der Waals surface area contributed by atoms with Gasteiger partial charge in [-0.25, -0.2) is 13.8 Å². The first kappa shape index (κ1) is 15.1. The van der Waals surface area contributed by atoms with Crippen LogP contribution in [-0.4, -0.2) is 9.55 Å². The van der Waals surface area contributed by atoms with Crippen molar-refractivity contribution in [1.82, 2.24) is 14.9 Å². The zero-order valence-electron chi connectivity index (χ0n) is 11.3. The van der Waals surface area contributed by atoms with Crippen molar-refractivity contribution in [2.45, 2.75) is 12.8 Å². The lowest BCUT2D eigenvalue weighted by atomic mass is 10.0. The SMILES string of the molecule is C=C1CCC(n2cnc(Cl)c2Cl)=C(c2ccc(F)cc2F)N1. The van der Waals surface area contributed by atoms with E-state index in [1.165, 1.54) is 18.5 Å². The van der Waals surface area contributed by atoms with E-state index in [0.717, 1.165) is 11.8 Å². The van der Waals surface area contributed by atoms with Gasteiger partial charge in [0.05, 0.1) is 5.70 Å². The molecule has 2 aromatic rings. The summed E-state index contributed by atoms with van der Waals surface area (Å²) in [5, 5.41) is 3.46. The highest BCUT2D eigenvalue weighted by atomic mass is 35.5. The molecule has 1 aromatic heterocycles. The summed E-state index contributed by atoms with van der Waals surface area (Å²) in [6.45, 7) is 3.87. The van der Waals surface area contributed by atoms with Gasteiger partial charge in [-0.15, -0.1) is 0 Å². The third-order valence-electron chi connectivity index (χ3n) is 3.41. The minimum absolute atomic E-state index is 0.164. The number of allylic oxidation sites excluding steroid dienone is 2.